The first-order chi connectivity index (χ1) is 32.6. The number of aryl methyl sites for hydroxylation is 10. The molecule has 67 heavy (non-hydrogen) atoms. The molecule has 0 aliphatic rings. The van der Waals surface area contributed by atoms with Crippen LogP contribution < -0.4 is 0 Å². The van der Waals surface area contributed by atoms with Crippen molar-refractivity contribution in [3.05, 3.63) is 213 Å². The zero-order valence-corrected chi connectivity index (χ0v) is 44.2. The summed E-state index contributed by atoms with van der Waals surface area (Å²) >= 11 is 0. The molecule has 0 heteroatoms. The SMILES string of the molecule is CCCCCC.CCCc1cc2ccccc2cc1C.CCCc1ccccc1C.CCc1cc2ccccc2cc1CC.CCc1cccc2cccc(C)c12.CCc1ccccc1CC. The third-order valence-electron chi connectivity index (χ3n) is 12.8. The average molecular weight is 893 g/mol. The Bertz CT molecular complexity index is 2510. The molecule has 0 saturated carbocycles. The quantitative estimate of drug-likeness (QED) is 0.107. The van der Waals surface area contributed by atoms with Gasteiger partial charge in [0.25, 0.3) is 0 Å². The molecule has 0 N–H and O–H groups in total. The maximum absolute atomic E-state index is 2.33. The van der Waals surface area contributed by atoms with Crippen LogP contribution in [0.15, 0.2) is 158 Å². The van der Waals surface area contributed by atoms with Crippen molar-refractivity contribution >= 4 is 32.3 Å². The van der Waals surface area contributed by atoms with Crippen LogP contribution >= 0.6 is 0 Å². The minimum atomic E-state index is 1.11. The highest BCUT2D eigenvalue weighted by Gasteiger charge is 2.03. The Morgan fingerprint density at radius 2 is 0.597 bits per heavy atom. The number of fused-ring (bicyclic) bond motifs is 3. The number of hydrogen-bond acceptors (Lipinski definition) is 0. The van der Waals surface area contributed by atoms with Crippen molar-refractivity contribution in [2.75, 3.05) is 0 Å². The van der Waals surface area contributed by atoms with Gasteiger partial charge in [-0.1, -0.05) is 259 Å². The van der Waals surface area contributed by atoms with Crippen molar-refractivity contribution in [2.24, 2.45) is 0 Å². The molecule has 0 fully saturated rings. The highest BCUT2D eigenvalue weighted by atomic mass is 14.1. The van der Waals surface area contributed by atoms with Gasteiger partial charge in [-0.05, 0) is 154 Å². The van der Waals surface area contributed by atoms with E-state index in [1.165, 1.54) is 139 Å². The van der Waals surface area contributed by atoms with Gasteiger partial charge < -0.3 is 0 Å². The summed E-state index contributed by atoms with van der Waals surface area (Å²) in [6.07, 6.45) is 16.1. The Labute approximate surface area is 410 Å². The maximum atomic E-state index is 2.33. The van der Waals surface area contributed by atoms with E-state index >= 15 is 0 Å². The molecule has 0 aliphatic heterocycles. The molecule has 0 saturated heterocycles. The van der Waals surface area contributed by atoms with Crippen LogP contribution in [0.4, 0.5) is 0 Å². The van der Waals surface area contributed by atoms with Gasteiger partial charge in [0.15, 0.2) is 0 Å². The Morgan fingerprint density at radius 3 is 1.03 bits per heavy atom. The van der Waals surface area contributed by atoms with Crippen molar-refractivity contribution in [1.29, 1.82) is 0 Å². The second-order valence-corrected chi connectivity index (χ2v) is 17.9. The maximum Gasteiger partial charge on any atom is -0.0123 e. The summed E-state index contributed by atoms with van der Waals surface area (Å²) < 4.78 is 0. The van der Waals surface area contributed by atoms with E-state index in [0.29, 0.717) is 0 Å². The lowest BCUT2D eigenvalue weighted by Crippen LogP contribution is -1.90. The van der Waals surface area contributed by atoms with Gasteiger partial charge in [0.1, 0.15) is 0 Å². The molecule has 0 aromatic heterocycles. The predicted molar refractivity (Wildman–Crippen MR) is 304 cm³/mol. The molecule has 0 radical (unpaired) electrons. The van der Waals surface area contributed by atoms with E-state index in [2.05, 4.69) is 241 Å². The summed E-state index contributed by atoms with van der Waals surface area (Å²) in [7, 11) is 0. The second kappa shape index (κ2) is 32.3. The Morgan fingerprint density at radius 1 is 0.254 bits per heavy atom. The molecule has 0 bridgehead atoms. The molecule has 8 aromatic carbocycles. The summed E-state index contributed by atoms with van der Waals surface area (Å²) in [5.41, 5.74) is 14.6. The first-order valence-corrected chi connectivity index (χ1v) is 26.2. The van der Waals surface area contributed by atoms with Crippen LogP contribution in [0.25, 0.3) is 32.3 Å². The zero-order valence-electron chi connectivity index (χ0n) is 44.2. The molecular formula is C67H88. The van der Waals surface area contributed by atoms with Crippen LogP contribution in [-0.4, -0.2) is 0 Å². The lowest BCUT2D eigenvalue weighted by molar-refractivity contribution is 0.702. The first-order valence-electron chi connectivity index (χ1n) is 26.2. The number of hydrogen-bond donors (Lipinski definition) is 0. The summed E-state index contributed by atoms with van der Waals surface area (Å²) in [5.74, 6) is 0. The highest BCUT2D eigenvalue weighted by Crippen LogP contribution is 2.24. The van der Waals surface area contributed by atoms with Crippen LogP contribution in [0.2, 0.25) is 0 Å². The van der Waals surface area contributed by atoms with Gasteiger partial charge in [-0.25, -0.2) is 0 Å². The molecular weight excluding hydrogens is 805 g/mol. The molecule has 0 spiro atoms. The molecule has 0 aliphatic carbocycles. The topological polar surface area (TPSA) is 0 Å². The van der Waals surface area contributed by atoms with Gasteiger partial charge in [0, 0.05) is 0 Å². The van der Waals surface area contributed by atoms with Gasteiger partial charge in [0.05, 0.1) is 0 Å². The van der Waals surface area contributed by atoms with E-state index in [0.717, 1.165) is 32.1 Å². The van der Waals surface area contributed by atoms with Crippen LogP contribution in [0.1, 0.15) is 156 Å². The molecule has 0 nitrogen and oxygen atoms in total. The predicted octanol–water partition coefficient (Wildman–Crippen LogP) is 20.1. The fourth-order valence-electron chi connectivity index (χ4n) is 8.75. The van der Waals surface area contributed by atoms with Crippen LogP contribution in [0, 0.1) is 20.8 Å². The minimum absolute atomic E-state index is 1.11. The second-order valence-electron chi connectivity index (χ2n) is 17.9. The zero-order chi connectivity index (χ0) is 48.8. The number of benzene rings is 8. The molecule has 0 amide bonds. The average Bonchev–Trinajstić information content (AvgIpc) is 3.37. The van der Waals surface area contributed by atoms with Gasteiger partial charge in [-0.2, -0.15) is 0 Å². The molecule has 0 unspecified atom stereocenters. The smallest absolute Gasteiger partial charge is 0.0123 e. The molecule has 0 heterocycles. The van der Waals surface area contributed by atoms with E-state index in [9.17, 15) is 0 Å². The molecule has 8 rings (SSSR count). The van der Waals surface area contributed by atoms with Crippen LogP contribution in [0.5, 0.6) is 0 Å². The lowest BCUT2D eigenvalue weighted by atomic mass is 9.98. The normalized spacial score (nSPS) is 10.3. The minimum Gasteiger partial charge on any atom is -0.0654 e. The molecule has 356 valence electrons. The fourth-order valence-corrected chi connectivity index (χ4v) is 8.75. The third kappa shape index (κ3) is 18.6. The van der Waals surface area contributed by atoms with Gasteiger partial charge in [-0.15, -0.1) is 0 Å². The van der Waals surface area contributed by atoms with E-state index in [1.54, 1.807) is 0 Å². The van der Waals surface area contributed by atoms with Crippen molar-refractivity contribution in [3.8, 4) is 0 Å². The van der Waals surface area contributed by atoms with Crippen LogP contribution in [0.3, 0.4) is 0 Å². The van der Waals surface area contributed by atoms with Gasteiger partial charge in [-0.3, -0.25) is 0 Å². The Hall–Kier alpha value is -5.46. The number of unbranched alkanes of at least 4 members (excludes halogenated alkanes) is 3. The van der Waals surface area contributed by atoms with E-state index < -0.39 is 0 Å². The fraction of sp³-hybridized carbons (Fsp3) is 0.373. The highest BCUT2D eigenvalue weighted by molar-refractivity contribution is 5.89. The monoisotopic (exact) mass is 893 g/mol. The van der Waals surface area contributed by atoms with Crippen molar-refractivity contribution in [1.82, 2.24) is 0 Å². The third-order valence-corrected chi connectivity index (χ3v) is 12.8. The summed E-state index contributed by atoms with van der Waals surface area (Å²) in [5, 5.41) is 8.24. The van der Waals surface area contributed by atoms with Gasteiger partial charge in [0.2, 0.25) is 0 Å². The first kappa shape index (κ1) is 55.9. The van der Waals surface area contributed by atoms with Crippen molar-refractivity contribution < 1.29 is 0 Å². The van der Waals surface area contributed by atoms with E-state index in [-0.39, 0.29) is 0 Å². The number of rotatable bonds is 12. The molecule has 8 aromatic rings. The van der Waals surface area contributed by atoms with E-state index in [4.69, 9.17) is 0 Å². The summed E-state index contributed by atoms with van der Waals surface area (Å²) in [6, 6.07) is 56.7. The Kier molecular flexibility index (Phi) is 26.9. The van der Waals surface area contributed by atoms with E-state index in [1.807, 2.05) is 0 Å². The standard InChI is InChI=1S/2C14H16.C13H14.2C10H14.C6H14/c1-3-6-12-10-14-8-5-4-7-13(14)9-11(12)2;1-3-11-9-13-7-5-6-8-14(13)10-12(11)4-2;1-3-11-7-5-9-12-8-4-6-10(2)13(11)12;1-3-6-10-8-5-4-7-9(10)2;1-3-9-7-5-6-8-10(9)4-2;1-3-5-6-4-2/h4-5,7-10H,3,6H2,1-2H3;5-10H,3-4H2,1-2H3;4-9H,3H2,1-2H3;4-5,7-8H,3,6H2,1-2H3;5-8H,3-4H2,1-2H3;3-6H2,1-2H3. The van der Waals surface area contributed by atoms with Crippen molar-refractivity contribution in [3.63, 3.8) is 0 Å². The van der Waals surface area contributed by atoms with Crippen LogP contribution in [-0.2, 0) is 44.9 Å². The largest absolute Gasteiger partial charge is 0.0654 e. The van der Waals surface area contributed by atoms with Gasteiger partial charge >= 0.3 is 0 Å². The Balaban J connectivity index is 0.000000217. The summed E-state index contributed by atoms with van der Waals surface area (Å²) in [4.78, 5) is 0. The molecule has 0 atom stereocenters. The lowest BCUT2D eigenvalue weighted by Gasteiger charge is -2.07. The van der Waals surface area contributed by atoms with Crippen molar-refractivity contribution in [2.45, 2.75) is 167 Å². The summed E-state index contributed by atoms with van der Waals surface area (Å²) in [6.45, 7) is 26.5.